The minimum absolute atomic E-state index is 0.141. The number of carbonyl (C=O) groups excluding carboxylic acids is 2. The van der Waals surface area contributed by atoms with E-state index in [0.717, 1.165) is 0 Å². The van der Waals surface area contributed by atoms with Crippen molar-refractivity contribution in [2.24, 2.45) is 0 Å². The highest BCUT2D eigenvalue weighted by atomic mass is 79.9. The van der Waals surface area contributed by atoms with Gasteiger partial charge in [0.05, 0.1) is 5.02 Å². The summed E-state index contributed by atoms with van der Waals surface area (Å²) in [6, 6.07) is 9.97. The van der Waals surface area contributed by atoms with E-state index in [1.807, 2.05) is 0 Å². The molecule has 0 amide bonds. The Kier molecular flexibility index (Phi) is 2.61. The summed E-state index contributed by atoms with van der Waals surface area (Å²) >= 11 is 9.24. The average Bonchev–Trinajstić information content (AvgIpc) is 2.38. The van der Waals surface area contributed by atoms with Crippen molar-refractivity contribution >= 4 is 39.1 Å². The van der Waals surface area contributed by atoms with Crippen LogP contribution in [0.2, 0.25) is 5.02 Å². The van der Waals surface area contributed by atoms with Crippen molar-refractivity contribution in [2.45, 2.75) is 0 Å². The fourth-order valence-corrected chi connectivity index (χ4v) is 2.60. The summed E-state index contributed by atoms with van der Waals surface area (Å²) in [5.74, 6) is -0.299. The van der Waals surface area contributed by atoms with E-state index in [1.54, 1.807) is 30.3 Å². The molecule has 0 bridgehead atoms. The van der Waals surface area contributed by atoms with Gasteiger partial charge in [-0.15, -0.1) is 0 Å². The van der Waals surface area contributed by atoms with Gasteiger partial charge in [0, 0.05) is 26.7 Å². The number of hydrogen-bond acceptors (Lipinski definition) is 2. The average molecular weight is 322 g/mol. The van der Waals surface area contributed by atoms with Crippen LogP contribution in [0.4, 0.5) is 0 Å². The van der Waals surface area contributed by atoms with Crippen molar-refractivity contribution < 1.29 is 9.59 Å². The molecule has 18 heavy (non-hydrogen) atoms. The minimum Gasteiger partial charge on any atom is -0.289 e. The second-order valence-electron chi connectivity index (χ2n) is 4.02. The molecule has 4 heteroatoms. The molecule has 88 valence electrons. The first kappa shape index (κ1) is 11.6. The van der Waals surface area contributed by atoms with Crippen LogP contribution in [0.15, 0.2) is 40.9 Å². The lowest BCUT2D eigenvalue weighted by molar-refractivity contribution is 0.0979. The number of halogens is 2. The Morgan fingerprint density at radius 2 is 1.33 bits per heavy atom. The maximum absolute atomic E-state index is 12.3. The second-order valence-corrected chi connectivity index (χ2v) is 5.28. The summed E-state index contributed by atoms with van der Waals surface area (Å²) in [6.45, 7) is 0. The van der Waals surface area contributed by atoms with Gasteiger partial charge in [-0.25, -0.2) is 0 Å². The van der Waals surface area contributed by atoms with Crippen molar-refractivity contribution in [1.82, 2.24) is 0 Å². The maximum Gasteiger partial charge on any atom is 0.194 e. The summed E-state index contributed by atoms with van der Waals surface area (Å²) in [7, 11) is 0. The van der Waals surface area contributed by atoms with E-state index in [1.165, 1.54) is 6.07 Å². The number of fused-ring (bicyclic) bond motifs is 2. The third kappa shape index (κ3) is 1.55. The predicted molar refractivity (Wildman–Crippen MR) is 72.5 cm³/mol. The largest absolute Gasteiger partial charge is 0.289 e. The van der Waals surface area contributed by atoms with Crippen LogP contribution in [0, 0.1) is 0 Å². The van der Waals surface area contributed by atoms with Crippen molar-refractivity contribution in [3.63, 3.8) is 0 Å². The van der Waals surface area contributed by atoms with Crippen LogP contribution in [0.1, 0.15) is 31.8 Å². The maximum atomic E-state index is 12.3. The molecule has 0 atom stereocenters. The van der Waals surface area contributed by atoms with Gasteiger partial charge in [0.1, 0.15) is 0 Å². The van der Waals surface area contributed by atoms with Gasteiger partial charge in [-0.2, -0.15) is 0 Å². The topological polar surface area (TPSA) is 34.1 Å². The van der Waals surface area contributed by atoms with Crippen LogP contribution in [-0.2, 0) is 0 Å². The van der Waals surface area contributed by atoms with Crippen LogP contribution < -0.4 is 0 Å². The lowest BCUT2D eigenvalue weighted by Crippen LogP contribution is -2.20. The van der Waals surface area contributed by atoms with Crippen LogP contribution in [-0.4, -0.2) is 11.6 Å². The van der Waals surface area contributed by atoms with Crippen LogP contribution in [0.25, 0.3) is 0 Å². The van der Waals surface area contributed by atoms with E-state index >= 15 is 0 Å². The summed E-state index contributed by atoms with van der Waals surface area (Å²) < 4.78 is 0.614. The molecule has 0 saturated carbocycles. The first-order valence-corrected chi connectivity index (χ1v) is 6.44. The molecule has 0 radical (unpaired) electrons. The molecule has 0 aliphatic heterocycles. The van der Waals surface area contributed by atoms with E-state index in [2.05, 4.69) is 15.9 Å². The Morgan fingerprint density at radius 3 is 1.89 bits per heavy atom. The normalized spacial score (nSPS) is 13.2. The van der Waals surface area contributed by atoms with Gasteiger partial charge in [0.15, 0.2) is 11.6 Å². The van der Waals surface area contributed by atoms with Gasteiger partial charge in [0.2, 0.25) is 0 Å². The van der Waals surface area contributed by atoms with Crippen molar-refractivity contribution in [3.05, 3.63) is 68.1 Å². The Hall–Kier alpha value is -1.45. The molecule has 0 fully saturated rings. The summed E-state index contributed by atoms with van der Waals surface area (Å²) in [4.78, 5) is 24.6. The van der Waals surface area contributed by atoms with Crippen LogP contribution in [0.5, 0.6) is 0 Å². The van der Waals surface area contributed by atoms with Crippen molar-refractivity contribution in [3.8, 4) is 0 Å². The Labute approximate surface area is 117 Å². The van der Waals surface area contributed by atoms with Gasteiger partial charge in [-0.3, -0.25) is 9.59 Å². The SMILES string of the molecule is O=C1c2ccccc2C(=O)c2cc(Br)c(Cl)cc21. The zero-order chi connectivity index (χ0) is 12.9. The minimum atomic E-state index is -0.158. The molecule has 0 saturated heterocycles. The molecule has 2 nitrogen and oxygen atoms in total. The van der Waals surface area contributed by atoms with E-state index in [-0.39, 0.29) is 11.6 Å². The molecule has 0 heterocycles. The molecule has 1 aliphatic carbocycles. The molecule has 2 aromatic carbocycles. The number of hydrogen-bond donors (Lipinski definition) is 0. The lowest BCUT2D eigenvalue weighted by atomic mass is 9.84. The molecule has 3 rings (SSSR count). The number of carbonyl (C=O) groups is 2. The van der Waals surface area contributed by atoms with Crippen LogP contribution in [0.3, 0.4) is 0 Å². The summed E-state index contributed by atoms with van der Waals surface area (Å²) in [6.07, 6.45) is 0. The van der Waals surface area contributed by atoms with E-state index in [0.29, 0.717) is 31.7 Å². The second kappa shape index (κ2) is 4.04. The number of ketones is 2. The molecular formula is C14H6BrClO2. The molecule has 0 aromatic heterocycles. The molecule has 0 unspecified atom stereocenters. The molecular weight excluding hydrogens is 316 g/mol. The zero-order valence-electron chi connectivity index (χ0n) is 9.04. The standard InChI is InChI=1S/C14H6BrClO2/c15-11-5-9-10(6-12(11)16)14(18)8-4-2-1-3-7(8)13(9)17/h1-6H. The Balaban J connectivity index is 2.34. The monoisotopic (exact) mass is 320 g/mol. The first-order chi connectivity index (χ1) is 8.59. The van der Waals surface area contributed by atoms with Crippen molar-refractivity contribution in [2.75, 3.05) is 0 Å². The quantitative estimate of drug-likeness (QED) is 0.630. The highest BCUT2D eigenvalue weighted by molar-refractivity contribution is 9.10. The van der Waals surface area contributed by atoms with Gasteiger partial charge in [-0.05, 0) is 28.1 Å². The van der Waals surface area contributed by atoms with Gasteiger partial charge < -0.3 is 0 Å². The number of rotatable bonds is 0. The fourth-order valence-electron chi connectivity index (χ4n) is 2.09. The van der Waals surface area contributed by atoms with Crippen molar-refractivity contribution in [1.29, 1.82) is 0 Å². The lowest BCUT2D eigenvalue weighted by Gasteiger charge is -2.17. The summed E-state index contributed by atoms with van der Waals surface area (Å²) in [5, 5.41) is 0.425. The van der Waals surface area contributed by atoms with E-state index in [4.69, 9.17) is 11.6 Å². The third-order valence-corrected chi connectivity index (χ3v) is 4.16. The van der Waals surface area contributed by atoms with E-state index in [9.17, 15) is 9.59 Å². The molecule has 1 aliphatic rings. The Bertz CT molecular complexity index is 647. The third-order valence-electron chi connectivity index (χ3n) is 2.97. The van der Waals surface area contributed by atoms with E-state index < -0.39 is 0 Å². The highest BCUT2D eigenvalue weighted by Gasteiger charge is 2.29. The smallest absolute Gasteiger partial charge is 0.194 e. The van der Waals surface area contributed by atoms with Crippen LogP contribution >= 0.6 is 27.5 Å². The highest BCUT2D eigenvalue weighted by Crippen LogP contribution is 2.33. The fraction of sp³-hybridized carbons (Fsp3) is 0. The Morgan fingerprint density at radius 1 is 0.833 bits per heavy atom. The predicted octanol–water partition coefficient (Wildman–Crippen LogP) is 3.88. The number of benzene rings is 2. The molecule has 0 N–H and O–H groups in total. The molecule has 2 aromatic rings. The molecule has 0 spiro atoms. The van der Waals surface area contributed by atoms with Gasteiger partial charge in [0.25, 0.3) is 0 Å². The summed E-state index contributed by atoms with van der Waals surface area (Å²) in [5.41, 5.74) is 1.65. The zero-order valence-corrected chi connectivity index (χ0v) is 11.4. The first-order valence-electron chi connectivity index (χ1n) is 5.27. The van der Waals surface area contributed by atoms with Gasteiger partial charge in [-0.1, -0.05) is 35.9 Å². The van der Waals surface area contributed by atoms with Gasteiger partial charge >= 0.3 is 0 Å².